The largest absolute Gasteiger partial charge is 0.867 e. The van der Waals surface area contributed by atoms with E-state index >= 15 is 0 Å². The second-order valence-corrected chi connectivity index (χ2v) is 4.19. The van der Waals surface area contributed by atoms with E-state index in [1.807, 2.05) is 0 Å². The molecular formula is C15H11NO4. The third-order valence-electron chi connectivity index (χ3n) is 3.02. The molecule has 0 radical (unpaired) electrons. The van der Waals surface area contributed by atoms with Crippen molar-refractivity contribution >= 4 is 11.0 Å². The summed E-state index contributed by atoms with van der Waals surface area (Å²) < 4.78 is 11.8. The number of para-hydroxylation sites is 1. The summed E-state index contributed by atoms with van der Waals surface area (Å²) in [6.45, 7) is 0. The van der Waals surface area contributed by atoms with Crippen LogP contribution in [0.3, 0.4) is 0 Å². The van der Waals surface area contributed by atoms with E-state index in [1.54, 1.807) is 48.8 Å². The number of aromatic nitrogens is 1. The molecule has 0 unspecified atom stereocenters. The number of hydrogen-bond donors (Lipinski definition) is 0. The van der Waals surface area contributed by atoms with Gasteiger partial charge in [-0.1, -0.05) is 18.2 Å². The maximum Gasteiger partial charge on any atom is 0.409 e. The Morgan fingerprint density at radius 1 is 1.15 bits per heavy atom. The molecule has 0 saturated heterocycles. The Balaban J connectivity index is 2.39. The normalized spacial score (nSPS) is 10.7. The predicted octanol–water partition coefficient (Wildman–Crippen LogP) is 1.15. The standard InChI is InChI=1S/C15H11NO4/c1-19-11-7-5-6-10-13(17)12(15(18)20-14(10)11)16-8-3-2-4-9-16/h2-9H,1H3. The van der Waals surface area contributed by atoms with Crippen molar-refractivity contribution in [3.8, 4) is 17.2 Å². The number of ether oxygens (including phenoxy) is 1. The van der Waals surface area contributed by atoms with Crippen molar-refractivity contribution in [2.24, 2.45) is 0 Å². The lowest BCUT2D eigenvalue weighted by atomic mass is 10.2. The van der Waals surface area contributed by atoms with Gasteiger partial charge in [0.15, 0.2) is 23.7 Å². The smallest absolute Gasteiger partial charge is 0.409 e. The van der Waals surface area contributed by atoms with Crippen molar-refractivity contribution in [2.75, 3.05) is 7.11 Å². The van der Waals surface area contributed by atoms with Crippen LogP contribution in [0.15, 0.2) is 58.0 Å². The molecular weight excluding hydrogens is 258 g/mol. The van der Waals surface area contributed by atoms with Gasteiger partial charge in [-0.05, 0) is 11.8 Å². The molecule has 0 amide bonds. The summed E-state index contributed by atoms with van der Waals surface area (Å²) in [5.74, 6) is -0.0207. The zero-order valence-electron chi connectivity index (χ0n) is 10.7. The maximum absolute atomic E-state index is 12.5. The minimum absolute atomic E-state index is 0.0358. The van der Waals surface area contributed by atoms with E-state index in [4.69, 9.17) is 9.15 Å². The Bertz CT molecular complexity index is 824. The monoisotopic (exact) mass is 269 g/mol. The first-order valence-corrected chi connectivity index (χ1v) is 6.00. The average Bonchev–Trinajstić information content (AvgIpc) is 2.48. The summed E-state index contributed by atoms with van der Waals surface area (Å²) in [6.07, 6.45) is 3.25. The van der Waals surface area contributed by atoms with Gasteiger partial charge in [0.2, 0.25) is 0 Å². The van der Waals surface area contributed by atoms with Crippen molar-refractivity contribution in [3.63, 3.8) is 0 Å². The second-order valence-electron chi connectivity index (χ2n) is 4.19. The fourth-order valence-electron chi connectivity index (χ4n) is 2.09. The Hall–Kier alpha value is -2.82. The summed E-state index contributed by atoms with van der Waals surface area (Å²) >= 11 is 0. The molecule has 2 aromatic heterocycles. The van der Waals surface area contributed by atoms with Crippen molar-refractivity contribution < 1.29 is 18.8 Å². The number of fused-ring (bicyclic) bond motifs is 1. The molecule has 20 heavy (non-hydrogen) atoms. The van der Waals surface area contributed by atoms with E-state index < -0.39 is 5.63 Å². The third-order valence-corrected chi connectivity index (χ3v) is 3.02. The van der Waals surface area contributed by atoms with E-state index in [9.17, 15) is 9.90 Å². The average molecular weight is 269 g/mol. The molecule has 0 saturated carbocycles. The van der Waals surface area contributed by atoms with Crippen LogP contribution < -0.4 is 20.0 Å². The lowest BCUT2D eigenvalue weighted by Gasteiger charge is -2.12. The molecule has 0 spiro atoms. The van der Waals surface area contributed by atoms with Crippen molar-refractivity contribution in [1.29, 1.82) is 0 Å². The summed E-state index contributed by atoms with van der Waals surface area (Å²) in [5.41, 5.74) is -0.556. The molecule has 0 fully saturated rings. The van der Waals surface area contributed by atoms with Gasteiger partial charge in [-0.2, -0.15) is 4.57 Å². The molecule has 5 heteroatoms. The van der Waals surface area contributed by atoms with E-state index in [1.165, 1.54) is 11.7 Å². The predicted molar refractivity (Wildman–Crippen MR) is 70.0 cm³/mol. The topological polar surface area (TPSA) is 66.4 Å². The number of nitrogens with zero attached hydrogens (tertiary/aromatic N) is 1. The Morgan fingerprint density at radius 3 is 2.60 bits per heavy atom. The first-order chi connectivity index (χ1) is 9.72. The molecule has 3 rings (SSSR count). The highest BCUT2D eigenvalue weighted by molar-refractivity contribution is 5.89. The second kappa shape index (κ2) is 4.70. The van der Waals surface area contributed by atoms with Gasteiger partial charge < -0.3 is 14.3 Å². The Labute approximate surface area is 114 Å². The minimum atomic E-state index is -0.691. The minimum Gasteiger partial charge on any atom is -0.867 e. The summed E-state index contributed by atoms with van der Waals surface area (Å²) in [7, 11) is 1.46. The molecule has 100 valence electrons. The highest BCUT2D eigenvalue weighted by Gasteiger charge is 2.18. The lowest BCUT2D eigenvalue weighted by Crippen LogP contribution is -2.36. The van der Waals surface area contributed by atoms with Crippen LogP contribution in [0.4, 0.5) is 0 Å². The number of pyridine rings is 1. The van der Waals surface area contributed by atoms with Crippen LogP contribution in [0.5, 0.6) is 11.5 Å². The van der Waals surface area contributed by atoms with Crippen molar-refractivity contribution in [1.82, 2.24) is 0 Å². The molecule has 0 aliphatic heterocycles. The van der Waals surface area contributed by atoms with Crippen LogP contribution in [0.1, 0.15) is 0 Å². The Kier molecular flexibility index (Phi) is 2.87. The molecule has 3 aromatic rings. The number of rotatable bonds is 2. The fraction of sp³-hybridized carbons (Fsp3) is 0.0667. The SMILES string of the molecule is COc1cccc2c([O-])c(-[n+]3ccccc3)c(=O)oc12. The van der Waals surface area contributed by atoms with Crippen molar-refractivity contribution in [3.05, 3.63) is 59.2 Å². The van der Waals surface area contributed by atoms with Crippen LogP contribution in [0.25, 0.3) is 16.7 Å². The zero-order valence-corrected chi connectivity index (χ0v) is 10.7. The Morgan fingerprint density at radius 2 is 1.90 bits per heavy atom. The molecule has 0 aliphatic carbocycles. The zero-order chi connectivity index (χ0) is 14.1. The maximum atomic E-state index is 12.5. The molecule has 0 atom stereocenters. The first-order valence-electron chi connectivity index (χ1n) is 6.00. The highest BCUT2D eigenvalue weighted by Crippen LogP contribution is 2.30. The lowest BCUT2D eigenvalue weighted by molar-refractivity contribution is -0.601. The van der Waals surface area contributed by atoms with Gasteiger partial charge in [-0.15, -0.1) is 0 Å². The molecule has 0 N–H and O–H groups in total. The van der Waals surface area contributed by atoms with E-state index in [0.717, 1.165) is 0 Å². The molecule has 1 aromatic carbocycles. The van der Waals surface area contributed by atoms with Gasteiger partial charge in [0.1, 0.15) is 0 Å². The fourth-order valence-corrected chi connectivity index (χ4v) is 2.09. The van der Waals surface area contributed by atoms with Gasteiger partial charge in [-0.3, -0.25) is 0 Å². The van der Waals surface area contributed by atoms with Crippen LogP contribution >= 0.6 is 0 Å². The van der Waals surface area contributed by atoms with Crippen LogP contribution in [-0.4, -0.2) is 7.11 Å². The number of hydrogen-bond acceptors (Lipinski definition) is 4. The van der Waals surface area contributed by atoms with Gasteiger partial charge in [-0.25, -0.2) is 4.79 Å². The van der Waals surface area contributed by atoms with Gasteiger partial charge >= 0.3 is 5.63 Å². The van der Waals surface area contributed by atoms with Gasteiger partial charge in [0.25, 0.3) is 5.69 Å². The number of methoxy groups -OCH3 is 1. The highest BCUT2D eigenvalue weighted by atomic mass is 16.5. The quantitative estimate of drug-likeness (QED) is 0.517. The van der Waals surface area contributed by atoms with Gasteiger partial charge in [0, 0.05) is 17.5 Å². The summed E-state index contributed by atoms with van der Waals surface area (Å²) in [5, 5.41) is 12.8. The van der Waals surface area contributed by atoms with Gasteiger partial charge in [0.05, 0.1) is 7.11 Å². The number of benzene rings is 1. The van der Waals surface area contributed by atoms with Crippen LogP contribution in [0, 0.1) is 0 Å². The summed E-state index contributed by atoms with van der Waals surface area (Å²) in [6, 6.07) is 10.2. The molecule has 0 bridgehead atoms. The molecule has 5 nitrogen and oxygen atoms in total. The van der Waals surface area contributed by atoms with Crippen LogP contribution in [0.2, 0.25) is 0 Å². The molecule has 0 aliphatic rings. The third kappa shape index (κ3) is 1.80. The molecule has 2 heterocycles. The first kappa shape index (κ1) is 12.2. The van der Waals surface area contributed by atoms with Crippen molar-refractivity contribution in [2.45, 2.75) is 0 Å². The summed E-state index contributed by atoms with van der Waals surface area (Å²) in [4.78, 5) is 12.1. The van der Waals surface area contributed by atoms with E-state index in [2.05, 4.69) is 0 Å². The van der Waals surface area contributed by atoms with E-state index in [0.29, 0.717) is 11.1 Å². The van der Waals surface area contributed by atoms with E-state index in [-0.39, 0.29) is 17.0 Å². The van der Waals surface area contributed by atoms with Crippen LogP contribution in [-0.2, 0) is 0 Å².